The van der Waals surface area contributed by atoms with Crippen LogP contribution >= 0.6 is 11.3 Å². The highest BCUT2D eigenvalue weighted by atomic mass is 32.1. The van der Waals surface area contributed by atoms with Crippen molar-refractivity contribution in [2.75, 3.05) is 13.6 Å². The van der Waals surface area contributed by atoms with E-state index >= 15 is 0 Å². The minimum absolute atomic E-state index is 0.420. The summed E-state index contributed by atoms with van der Waals surface area (Å²) >= 11 is 1.85. The Bertz CT molecular complexity index is 534. The molecule has 1 aliphatic rings. The van der Waals surface area contributed by atoms with Gasteiger partial charge in [-0.15, -0.1) is 11.3 Å². The molecular weight excluding hydrogens is 276 g/mol. The van der Waals surface area contributed by atoms with Gasteiger partial charge < -0.3 is 5.32 Å². The molecule has 1 N–H and O–H groups in total. The SMILES string of the molecule is CC(c1cccs1)N(C)C(CNC1CC1)c1ccccc1. The third-order valence-corrected chi connectivity index (χ3v) is 5.46. The summed E-state index contributed by atoms with van der Waals surface area (Å²) in [6.07, 6.45) is 2.68. The van der Waals surface area contributed by atoms with Gasteiger partial charge in [0.25, 0.3) is 0 Å². The minimum Gasteiger partial charge on any atom is -0.312 e. The Morgan fingerprint density at radius 1 is 1.19 bits per heavy atom. The fraction of sp³-hybridized carbons (Fsp3) is 0.444. The van der Waals surface area contributed by atoms with Gasteiger partial charge in [-0.05, 0) is 43.8 Å². The van der Waals surface area contributed by atoms with E-state index < -0.39 is 0 Å². The molecule has 1 heterocycles. The summed E-state index contributed by atoms with van der Waals surface area (Å²) in [5.41, 5.74) is 1.40. The van der Waals surface area contributed by atoms with Gasteiger partial charge in [0.1, 0.15) is 0 Å². The molecule has 2 unspecified atom stereocenters. The zero-order chi connectivity index (χ0) is 14.7. The minimum atomic E-state index is 0.420. The van der Waals surface area contributed by atoms with Gasteiger partial charge in [-0.1, -0.05) is 36.4 Å². The average molecular weight is 300 g/mol. The van der Waals surface area contributed by atoms with Gasteiger partial charge in [-0.25, -0.2) is 0 Å². The van der Waals surface area contributed by atoms with E-state index in [9.17, 15) is 0 Å². The summed E-state index contributed by atoms with van der Waals surface area (Å²) < 4.78 is 0. The zero-order valence-electron chi connectivity index (χ0n) is 12.8. The summed E-state index contributed by atoms with van der Waals surface area (Å²) in [7, 11) is 2.25. The third kappa shape index (κ3) is 3.73. The van der Waals surface area contributed by atoms with E-state index in [2.05, 4.69) is 72.0 Å². The fourth-order valence-electron chi connectivity index (χ4n) is 2.74. The van der Waals surface area contributed by atoms with E-state index in [1.54, 1.807) is 0 Å². The quantitative estimate of drug-likeness (QED) is 0.823. The maximum Gasteiger partial charge on any atom is 0.0476 e. The molecule has 0 radical (unpaired) electrons. The van der Waals surface area contributed by atoms with Crippen molar-refractivity contribution in [3.63, 3.8) is 0 Å². The van der Waals surface area contributed by atoms with Crippen LogP contribution in [0, 0.1) is 0 Å². The lowest BCUT2D eigenvalue weighted by molar-refractivity contribution is 0.183. The van der Waals surface area contributed by atoms with E-state index in [4.69, 9.17) is 0 Å². The Labute approximate surface area is 131 Å². The van der Waals surface area contributed by atoms with Crippen LogP contribution in [-0.4, -0.2) is 24.5 Å². The first kappa shape index (κ1) is 14.8. The van der Waals surface area contributed by atoms with Gasteiger partial charge in [0.15, 0.2) is 0 Å². The Kier molecular flexibility index (Phi) is 4.73. The maximum atomic E-state index is 3.70. The van der Waals surface area contributed by atoms with Crippen molar-refractivity contribution in [2.24, 2.45) is 0 Å². The molecule has 0 aliphatic heterocycles. The molecule has 1 fully saturated rings. The van der Waals surface area contributed by atoms with E-state index in [-0.39, 0.29) is 0 Å². The second-order valence-electron chi connectivity index (χ2n) is 5.97. The van der Waals surface area contributed by atoms with Crippen molar-refractivity contribution in [1.82, 2.24) is 10.2 Å². The van der Waals surface area contributed by atoms with E-state index in [0.717, 1.165) is 12.6 Å². The maximum absolute atomic E-state index is 3.70. The van der Waals surface area contributed by atoms with Crippen molar-refractivity contribution in [3.8, 4) is 0 Å². The molecule has 0 saturated heterocycles. The Hall–Kier alpha value is -1.16. The number of nitrogens with one attached hydrogen (secondary N) is 1. The van der Waals surface area contributed by atoms with Crippen molar-refractivity contribution < 1.29 is 0 Å². The van der Waals surface area contributed by atoms with Crippen molar-refractivity contribution in [2.45, 2.75) is 37.9 Å². The summed E-state index contributed by atoms with van der Waals surface area (Å²) in [6, 6.07) is 16.9. The number of hydrogen-bond acceptors (Lipinski definition) is 3. The highest BCUT2D eigenvalue weighted by Crippen LogP contribution is 2.31. The van der Waals surface area contributed by atoms with Gasteiger partial charge in [0.2, 0.25) is 0 Å². The largest absolute Gasteiger partial charge is 0.312 e. The predicted molar refractivity (Wildman–Crippen MR) is 90.7 cm³/mol. The Balaban J connectivity index is 1.76. The number of nitrogens with zero attached hydrogens (tertiary/aromatic N) is 1. The number of thiophene rings is 1. The highest BCUT2D eigenvalue weighted by Gasteiger charge is 2.26. The molecule has 21 heavy (non-hydrogen) atoms. The van der Waals surface area contributed by atoms with E-state index in [0.29, 0.717) is 12.1 Å². The monoisotopic (exact) mass is 300 g/mol. The first-order valence-electron chi connectivity index (χ1n) is 7.79. The van der Waals surface area contributed by atoms with Crippen molar-refractivity contribution >= 4 is 11.3 Å². The third-order valence-electron chi connectivity index (χ3n) is 4.42. The standard InChI is InChI=1S/C18H24N2S/c1-14(18-9-6-12-21-18)20(2)17(13-19-16-10-11-16)15-7-4-3-5-8-15/h3-9,12,14,16-17,19H,10-11,13H2,1-2H3. The van der Waals surface area contributed by atoms with E-state index in [1.165, 1.54) is 23.3 Å². The lowest BCUT2D eigenvalue weighted by Gasteiger charge is -2.33. The van der Waals surface area contributed by atoms with Crippen LogP contribution in [0.3, 0.4) is 0 Å². The topological polar surface area (TPSA) is 15.3 Å². The summed E-state index contributed by atoms with van der Waals surface area (Å²) in [4.78, 5) is 3.93. The zero-order valence-corrected chi connectivity index (χ0v) is 13.6. The van der Waals surface area contributed by atoms with Crippen LogP contribution in [0.1, 0.15) is 42.3 Å². The molecule has 1 saturated carbocycles. The summed E-state index contributed by atoms with van der Waals surface area (Å²) in [5, 5.41) is 5.86. The number of rotatable bonds is 7. The van der Waals surface area contributed by atoms with Crippen LogP contribution in [0.4, 0.5) is 0 Å². The highest BCUT2D eigenvalue weighted by molar-refractivity contribution is 7.10. The van der Waals surface area contributed by atoms with Gasteiger partial charge in [0.05, 0.1) is 0 Å². The second kappa shape index (κ2) is 6.73. The van der Waals surface area contributed by atoms with Gasteiger partial charge in [-0.3, -0.25) is 4.90 Å². The van der Waals surface area contributed by atoms with Crippen LogP contribution in [0.5, 0.6) is 0 Å². The second-order valence-corrected chi connectivity index (χ2v) is 6.95. The van der Waals surface area contributed by atoms with Crippen LogP contribution in [-0.2, 0) is 0 Å². The molecule has 0 spiro atoms. The van der Waals surface area contributed by atoms with Crippen molar-refractivity contribution in [1.29, 1.82) is 0 Å². The molecule has 2 atom stereocenters. The molecule has 3 heteroatoms. The smallest absolute Gasteiger partial charge is 0.0476 e. The van der Waals surface area contributed by atoms with Crippen molar-refractivity contribution in [3.05, 3.63) is 58.3 Å². The molecule has 2 aromatic rings. The molecule has 3 rings (SSSR count). The Morgan fingerprint density at radius 3 is 2.57 bits per heavy atom. The molecule has 112 valence electrons. The van der Waals surface area contributed by atoms with Gasteiger partial charge in [-0.2, -0.15) is 0 Å². The van der Waals surface area contributed by atoms with E-state index in [1.807, 2.05) is 11.3 Å². The molecule has 0 amide bonds. The van der Waals surface area contributed by atoms with Crippen LogP contribution in [0.15, 0.2) is 47.8 Å². The Morgan fingerprint density at radius 2 is 1.95 bits per heavy atom. The first-order valence-corrected chi connectivity index (χ1v) is 8.67. The van der Waals surface area contributed by atoms with Gasteiger partial charge in [0, 0.05) is 29.5 Å². The van der Waals surface area contributed by atoms with Crippen LogP contribution in [0.2, 0.25) is 0 Å². The number of likely N-dealkylation sites (N-methyl/N-ethyl adjacent to an activating group) is 1. The molecular formula is C18H24N2S. The van der Waals surface area contributed by atoms with Gasteiger partial charge >= 0.3 is 0 Å². The number of hydrogen-bond donors (Lipinski definition) is 1. The molecule has 2 nitrogen and oxygen atoms in total. The predicted octanol–water partition coefficient (Wildman–Crippen LogP) is 4.23. The average Bonchev–Trinajstić information content (AvgIpc) is 3.19. The normalized spacial score (nSPS) is 17.9. The summed E-state index contributed by atoms with van der Waals surface area (Å²) in [6.45, 7) is 3.33. The van der Waals surface area contributed by atoms with Crippen LogP contribution in [0.25, 0.3) is 0 Å². The number of benzene rings is 1. The lowest BCUT2D eigenvalue weighted by Crippen LogP contribution is -2.35. The fourth-order valence-corrected chi connectivity index (χ4v) is 3.57. The summed E-state index contributed by atoms with van der Waals surface area (Å²) in [5.74, 6) is 0. The first-order chi connectivity index (χ1) is 10.3. The molecule has 1 aromatic carbocycles. The molecule has 0 bridgehead atoms. The lowest BCUT2D eigenvalue weighted by atomic mass is 10.0. The molecule has 1 aromatic heterocycles. The van der Waals surface area contributed by atoms with Crippen LogP contribution < -0.4 is 5.32 Å². The molecule has 1 aliphatic carbocycles.